The van der Waals surface area contributed by atoms with Crippen molar-refractivity contribution in [1.82, 2.24) is 14.8 Å². The predicted molar refractivity (Wildman–Crippen MR) is 79.0 cm³/mol. The monoisotopic (exact) mass is 277 g/mol. The first kappa shape index (κ1) is 14.8. The summed E-state index contributed by atoms with van der Waals surface area (Å²) in [4.78, 5) is 31.3. The molecule has 1 N–H and O–H groups in total. The average molecular weight is 277 g/mol. The van der Waals surface area contributed by atoms with E-state index in [-0.39, 0.29) is 16.9 Å². The van der Waals surface area contributed by atoms with Gasteiger partial charge in [-0.15, -0.1) is 0 Å². The summed E-state index contributed by atoms with van der Waals surface area (Å²) in [5.74, 6) is -0.148. The molecule has 1 aliphatic heterocycles. The van der Waals surface area contributed by atoms with Gasteiger partial charge >= 0.3 is 0 Å². The average Bonchev–Trinajstić information content (AvgIpc) is 2.63. The lowest BCUT2D eigenvalue weighted by molar-refractivity contribution is 0.0757. The van der Waals surface area contributed by atoms with Gasteiger partial charge in [-0.05, 0) is 40.3 Å². The highest BCUT2D eigenvalue weighted by Gasteiger charge is 2.23. The Morgan fingerprint density at radius 3 is 2.75 bits per heavy atom. The molecule has 0 spiro atoms. The fourth-order valence-corrected chi connectivity index (χ4v) is 2.71. The summed E-state index contributed by atoms with van der Waals surface area (Å²) in [5, 5.41) is 0. The summed E-state index contributed by atoms with van der Waals surface area (Å²) in [6, 6.07) is 2.00. The fraction of sp³-hybridized carbons (Fsp3) is 0.600. The van der Waals surface area contributed by atoms with E-state index in [1.54, 1.807) is 0 Å². The molecule has 1 atom stereocenters. The van der Waals surface area contributed by atoms with Crippen LogP contribution in [0.25, 0.3) is 0 Å². The van der Waals surface area contributed by atoms with Crippen LogP contribution in [0.4, 0.5) is 0 Å². The number of carbonyl (C=O) groups excluding carboxylic acids is 1. The van der Waals surface area contributed by atoms with Crippen LogP contribution in [0.15, 0.2) is 17.1 Å². The van der Waals surface area contributed by atoms with Crippen LogP contribution in [0.2, 0.25) is 0 Å². The Bertz CT molecular complexity index is 536. The zero-order chi connectivity index (χ0) is 14.7. The van der Waals surface area contributed by atoms with Crippen molar-refractivity contribution >= 4 is 5.91 Å². The normalized spacial score (nSPS) is 20.0. The summed E-state index contributed by atoms with van der Waals surface area (Å²) in [5.41, 5.74) is 0.827. The lowest BCUT2D eigenvalue weighted by Crippen LogP contribution is -2.36. The Morgan fingerprint density at radius 2 is 2.10 bits per heavy atom. The topological polar surface area (TPSA) is 56.4 Å². The largest absolute Gasteiger partial charge is 0.364 e. The number of nitrogens with one attached hydrogen (secondary N) is 1. The molecule has 1 aromatic rings. The number of aromatic nitrogens is 1. The summed E-state index contributed by atoms with van der Waals surface area (Å²) in [6.07, 6.45) is 4.58. The number of aryl methyl sites for hydroxylation is 1. The van der Waals surface area contributed by atoms with Gasteiger partial charge in [-0.25, -0.2) is 0 Å². The van der Waals surface area contributed by atoms with Crippen molar-refractivity contribution in [3.05, 3.63) is 33.7 Å². The van der Waals surface area contributed by atoms with Crippen LogP contribution >= 0.6 is 0 Å². The Morgan fingerprint density at radius 1 is 1.35 bits per heavy atom. The van der Waals surface area contributed by atoms with Crippen molar-refractivity contribution in [2.75, 3.05) is 27.2 Å². The van der Waals surface area contributed by atoms with Crippen molar-refractivity contribution in [2.45, 2.75) is 32.2 Å². The van der Waals surface area contributed by atoms with Crippen molar-refractivity contribution in [3.63, 3.8) is 0 Å². The summed E-state index contributed by atoms with van der Waals surface area (Å²) < 4.78 is 0. The molecule has 2 rings (SSSR count). The number of pyridine rings is 1. The second-order valence-electron chi connectivity index (χ2n) is 5.73. The third-order valence-corrected chi connectivity index (χ3v) is 4.00. The second kappa shape index (κ2) is 6.22. The highest BCUT2D eigenvalue weighted by atomic mass is 16.2. The number of amides is 1. The Labute approximate surface area is 119 Å². The van der Waals surface area contributed by atoms with E-state index < -0.39 is 0 Å². The molecule has 0 bridgehead atoms. The Kier molecular flexibility index (Phi) is 4.60. The van der Waals surface area contributed by atoms with Crippen LogP contribution in [-0.2, 0) is 0 Å². The third-order valence-electron chi connectivity index (χ3n) is 4.00. The Hall–Kier alpha value is -1.62. The van der Waals surface area contributed by atoms with E-state index in [2.05, 4.69) is 24.0 Å². The standard InChI is InChI=1S/C15H23N3O2/c1-11-9-14(19)13(10-16-11)15(20)18-7-4-5-12(6-8-18)17(2)3/h9-10,12H,4-8H2,1-3H3,(H,16,19). The molecule has 0 aromatic carbocycles. The maximum atomic E-state index is 12.5. The highest BCUT2D eigenvalue weighted by molar-refractivity contribution is 5.93. The maximum absolute atomic E-state index is 12.5. The predicted octanol–water partition coefficient (Wildman–Crippen LogP) is 1.24. The van der Waals surface area contributed by atoms with Gasteiger partial charge in [0.05, 0.1) is 0 Å². The number of hydrogen-bond acceptors (Lipinski definition) is 3. The number of hydrogen-bond donors (Lipinski definition) is 1. The van der Waals surface area contributed by atoms with E-state index in [9.17, 15) is 9.59 Å². The highest BCUT2D eigenvalue weighted by Crippen LogP contribution is 2.16. The number of H-pyrrole nitrogens is 1. The number of rotatable bonds is 2. The molecule has 5 nitrogen and oxygen atoms in total. The van der Waals surface area contributed by atoms with Crippen LogP contribution in [0.5, 0.6) is 0 Å². The fourth-order valence-electron chi connectivity index (χ4n) is 2.71. The molecule has 1 unspecified atom stereocenters. The van der Waals surface area contributed by atoms with E-state index >= 15 is 0 Å². The Balaban J connectivity index is 2.11. The first-order chi connectivity index (χ1) is 9.49. The number of carbonyl (C=O) groups is 1. The molecule has 110 valence electrons. The zero-order valence-electron chi connectivity index (χ0n) is 12.5. The minimum absolute atomic E-state index is 0.148. The van der Waals surface area contributed by atoms with Crippen molar-refractivity contribution in [3.8, 4) is 0 Å². The number of aromatic amines is 1. The van der Waals surface area contributed by atoms with Gasteiger partial charge in [0.25, 0.3) is 5.91 Å². The molecule has 5 heteroatoms. The van der Waals surface area contributed by atoms with Crippen LogP contribution < -0.4 is 5.43 Å². The molecule has 1 aliphatic rings. The van der Waals surface area contributed by atoms with E-state index in [0.29, 0.717) is 6.04 Å². The third kappa shape index (κ3) is 3.28. The minimum atomic E-state index is -0.195. The summed E-state index contributed by atoms with van der Waals surface area (Å²) in [6.45, 7) is 3.26. The smallest absolute Gasteiger partial charge is 0.259 e. The summed E-state index contributed by atoms with van der Waals surface area (Å²) in [7, 11) is 4.15. The van der Waals surface area contributed by atoms with Crippen LogP contribution in [-0.4, -0.2) is 53.9 Å². The first-order valence-electron chi connectivity index (χ1n) is 7.14. The minimum Gasteiger partial charge on any atom is -0.364 e. The van der Waals surface area contributed by atoms with E-state index in [1.165, 1.54) is 12.3 Å². The lowest BCUT2D eigenvalue weighted by atomic mass is 10.1. The van der Waals surface area contributed by atoms with Gasteiger partial charge in [0, 0.05) is 37.1 Å². The molecular weight excluding hydrogens is 254 g/mol. The van der Waals surface area contributed by atoms with Crippen LogP contribution in [0.3, 0.4) is 0 Å². The van der Waals surface area contributed by atoms with Crippen molar-refractivity contribution < 1.29 is 4.79 Å². The molecular formula is C15H23N3O2. The van der Waals surface area contributed by atoms with Gasteiger partial charge in [0.1, 0.15) is 5.56 Å². The molecule has 0 aliphatic carbocycles. The lowest BCUT2D eigenvalue weighted by Gasteiger charge is -2.23. The first-order valence-corrected chi connectivity index (χ1v) is 7.14. The van der Waals surface area contributed by atoms with Crippen molar-refractivity contribution in [1.29, 1.82) is 0 Å². The molecule has 0 radical (unpaired) electrons. The number of nitrogens with zero attached hydrogens (tertiary/aromatic N) is 2. The van der Waals surface area contributed by atoms with Gasteiger partial charge < -0.3 is 14.8 Å². The molecule has 20 heavy (non-hydrogen) atoms. The van der Waals surface area contributed by atoms with E-state index in [1.807, 2.05) is 11.8 Å². The molecule has 1 aromatic heterocycles. The van der Waals surface area contributed by atoms with Gasteiger partial charge in [-0.2, -0.15) is 0 Å². The molecule has 0 saturated carbocycles. The van der Waals surface area contributed by atoms with Gasteiger partial charge in [-0.1, -0.05) is 0 Å². The second-order valence-corrected chi connectivity index (χ2v) is 5.73. The zero-order valence-corrected chi connectivity index (χ0v) is 12.5. The van der Waals surface area contributed by atoms with E-state index in [0.717, 1.165) is 38.0 Å². The quantitative estimate of drug-likeness (QED) is 0.885. The SMILES string of the molecule is Cc1cc(=O)c(C(=O)N2CCCC(N(C)C)CC2)c[nH]1. The van der Waals surface area contributed by atoms with E-state index in [4.69, 9.17) is 0 Å². The maximum Gasteiger partial charge on any atom is 0.259 e. The van der Waals surface area contributed by atoms with Crippen LogP contribution in [0.1, 0.15) is 35.3 Å². The van der Waals surface area contributed by atoms with Crippen molar-refractivity contribution in [2.24, 2.45) is 0 Å². The molecule has 2 heterocycles. The van der Waals surface area contributed by atoms with Gasteiger partial charge in [-0.3, -0.25) is 9.59 Å². The molecule has 1 fully saturated rings. The molecule has 1 saturated heterocycles. The summed E-state index contributed by atoms with van der Waals surface area (Å²) >= 11 is 0. The molecule has 1 amide bonds. The van der Waals surface area contributed by atoms with Crippen LogP contribution in [0, 0.1) is 6.92 Å². The number of likely N-dealkylation sites (tertiary alicyclic amines) is 1. The van der Waals surface area contributed by atoms with Gasteiger partial charge in [0.15, 0.2) is 5.43 Å². The van der Waals surface area contributed by atoms with Gasteiger partial charge in [0.2, 0.25) is 0 Å².